The van der Waals surface area contributed by atoms with Gasteiger partial charge in [-0.2, -0.15) is 0 Å². The maximum Gasteiger partial charge on any atom is 0.240 e. The lowest BCUT2D eigenvalue weighted by Crippen LogP contribution is -2.28. The van der Waals surface area contributed by atoms with Gasteiger partial charge in [-0.25, -0.2) is 13.1 Å². The molecule has 1 aliphatic carbocycles. The Labute approximate surface area is 122 Å². The second-order valence-electron chi connectivity index (χ2n) is 5.81. The fourth-order valence-corrected chi connectivity index (χ4v) is 4.03. The molecule has 1 saturated carbocycles. The predicted octanol–water partition coefficient (Wildman–Crippen LogP) is 2.12. The number of sulfonamides is 1. The van der Waals surface area contributed by atoms with Gasteiger partial charge in [0.1, 0.15) is 0 Å². The summed E-state index contributed by atoms with van der Waals surface area (Å²) < 4.78 is 27.3. The summed E-state index contributed by atoms with van der Waals surface area (Å²) in [4.78, 5) is 0.358. The molecule has 0 spiro atoms. The predicted molar refractivity (Wildman–Crippen MR) is 80.9 cm³/mol. The molecule has 1 aromatic carbocycles. The van der Waals surface area contributed by atoms with Crippen molar-refractivity contribution in [2.24, 2.45) is 11.8 Å². The van der Waals surface area contributed by atoms with Crippen LogP contribution in [0, 0.1) is 11.8 Å². The monoisotopic (exact) mass is 296 g/mol. The third-order valence-corrected chi connectivity index (χ3v) is 5.38. The molecule has 1 aromatic rings. The molecule has 2 rings (SSSR count). The third kappa shape index (κ3) is 4.04. The van der Waals surface area contributed by atoms with Crippen LogP contribution in [-0.2, 0) is 16.6 Å². The van der Waals surface area contributed by atoms with Crippen molar-refractivity contribution in [1.82, 2.24) is 10.0 Å². The van der Waals surface area contributed by atoms with Gasteiger partial charge >= 0.3 is 0 Å². The second-order valence-corrected chi connectivity index (χ2v) is 7.58. The minimum atomic E-state index is -3.38. The minimum Gasteiger partial charge on any atom is -0.316 e. The van der Waals surface area contributed by atoms with E-state index < -0.39 is 10.0 Å². The van der Waals surface area contributed by atoms with Crippen molar-refractivity contribution in [2.75, 3.05) is 13.6 Å². The van der Waals surface area contributed by atoms with Crippen molar-refractivity contribution in [2.45, 2.75) is 37.6 Å². The first-order valence-corrected chi connectivity index (χ1v) is 8.73. The third-order valence-electron chi connectivity index (χ3n) is 3.96. The zero-order chi connectivity index (χ0) is 14.6. The van der Waals surface area contributed by atoms with Crippen LogP contribution < -0.4 is 10.0 Å². The summed E-state index contributed by atoms with van der Waals surface area (Å²) in [7, 11) is -1.54. The number of hydrogen-bond acceptors (Lipinski definition) is 3. The van der Waals surface area contributed by atoms with Gasteiger partial charge < -0.3 is 5.32 Å². The topological polar surface area (TPSA) is 58.2 Å². The lowest BCUT2D eigenvalue weighted by molar-refractivity contribution is 0.498. The molecule has 0 amide bonds. The molecule has 0 saturated heterocycles. The molecule has 112 valence electrons. The maximum atomic E-state index is 12.3. The van der Waals surface area contributed by atoms with Crippen LogP contribution in [0.1, 0.15) is 31.7 Å². The van der Waals surface area contributed by atoms with Crippen molar-refractivity contribution in [3.05, 3.63) is 29.8 Å². The van der Waals surface area contributed by atoms with Crippen LogP contribution in [-0.4, -0.2) is 22.0 Å². The highest BCUT2D eigenvalue weighted by Crippen LogP contribution is 2.29. The van der Waals surface area contributed by atoms with Crippen LogP contribution in [0.4, 0.5) is 0 Å². The smallest absolute Gasteiger partial charge is 0.240 e. The van der Waals surface area contributed by atoms with Crippen LogP contribution in [0.25, 0.3) is 0 Å². The molecular formula is C15H24N2O2S. The zero-order valence-corrected chi connectivity index (χ0v) is 13.0. The second kappa shape index (κ2) is 6.70. The highest BCUT2D eigenvalue weighted by Gasteiger charge is 2.23. The van der Waals surface area contributed by atoms with Gasteiger partial charge in [0.05, 0.1) is 4.90 Å². The Bertz CT molecular complexity index is 543. The van der Waals surface area contributed by atoms with E-state index in [1.165, 1.54) is 6.42 Å². The summed E-state index contributed by atoms with van der Waals surface area (Å²) in [6.07, 6.45) is 3.47. The maximum absolute atomic E-state index is 12.3. The number of hydrogen-bond donors (Lipinski definition) is 2. The standard InChI is InChI=1S/C15H24N2O2S/c1-12-6-7-14(8-12)11-17-20(18,19)15-5-3-4-13(9-15)10-16-2/h3-5,9,12,14,16-17H,6-8,10-11H2,1-2H3. The molecule has 0 radical (unpaired) electrons. The Morgan fingerprint density at radius 3 is 2.75 bits per heavy atom. The summed E-state index contributed by atoms with van der Waals surface area (Å²) in [6.45, 7) is 3.46. The molecule has 20 heavy (non-hydrogen) atoms. The largest absolute Gasteiger partial charge is 0.316 e. The highest BCUT2D eigenvalue weighted by atomic mass is 32.2. The molecule has 4 nitrogen and oxygen atoms in total. The quantitative estimate of drug-likeness (QED) is 0.845. The average Bonchev–Trinajstić information content (AvgIpc) is 2.83. The Morgan fingerprint density at radius 1 is 1.30 bits per heavy atom. The molecule has 0 bridgehead atoms. The molecule has 0 aliphatic heterocycles. The van der Waals surface area contributed by atoms with Gasteiger partial charge in [0.15, 0.2) is 0 Å². The molecule has 1 fully saturated rings. The molecule has 0 aromatic heterocycles. The van der Waals surface area contributed by atoms with Crippen LogP contribution in [0.15, 0.2) is 29.2 Å². The SMILES string of the molecule is CNCc1cccc(S(=O)(=O)NCC2CCC(C)C2)c1. The van der Waals surface area contributed by atoms with Crippen LogP contribution in [0.2, 0.25) is 0 Å². The van der Waals surface area contributed by atoms with Crippen LogP contribution >= 0.6 is 0 Å². The van der Waals surface area contributed by atoms with Crippen LogP contribution in [0.5, 0.6) is 0 Å². The van der Waals surface area contributed by atoms with Gasteiger partial charge in [-0.05, 0) is 49.4 Å². The molecule has 0 heterocycles. The van der Waals surface area contributed by atoms with Gasteiger partial charge in [-0.1, -0.05) is 25.5 Å². The van der Waals surface area contributed by atoms with Crippen molar-refractivity contribution in [1.29, 1.82) is 0 Å². The Kier molecular flexibility index (Phi) is 5.18. The van der Waals surface area contributed by atoms with Crippen molar-refractivity contribution < 1.29 is 8.42 Å². The van der Waals surface area contributed by atoms with E-state index in [-0.39, 0.29) is 0 Å². The molecule has 5 heteroatoms. The van der Waals surface area contributed by atoms with Gasteiger partial charge in [0.2, 0.25) is 10.0 Å². The van der Waals surface area contributed by atoms with Crippen LogP contribution in [0.3, 0.4) is 0 Å². The van der Waals surface area contributed by atoms with Crippen molar-refractivity contribution in [3.63, 3.8) is 0 Å². The van der Waals surface area contributed by atoms with Gasteiger partial charge in [-0.15, -0.1) is 0 Å². The molecule has 2 unspecified atom stereocenters. The summed E-state index contributed by atoms with van der Waals surface area (Å²) in [6, 6.07) is 7.10. The highest BCUT2D eigenvalue weighted by molar-refractivity contribution is 7.89. The van der Waals surface area contributed by atoms with E-state index in [0.29, 0.717) is 23.9 Å². The van der Waals surface area contributed by atoms with Crippen molar-refractivity contribution in [3.8, 4) is 0 Å². The van der Waals surface area contributed by atoms with Gasteiger partial charge in [0.25, 0.3) is 0 Å². The normalized spacial score (nSPS) is 23.1. The lowest BCUT2D eigenvalue weighted by atomic mass is 10.1. The first-order valence-electron chi connectivity index (χ1n) is 7.24. The Hall–Kier alpha value is -0.910. The molecule has 2 atom stereocenters. The fourth-order valence-electron chi connectivity index (χ4n) is 2.85. The summed E-state index contributed by atoms with van der Waals surface area (Å²) in [5, 5.41) is 3.03. The summed E-state index contributed by atoms with van der Waals surface area (Å²) in [5.41, 5.74) is 0.977. The van der Waals surface area contributed by atoms with Gasteiger partial charge in [0, 0.05) is 13.1 Å². The lowest BCUT2D eigenvalue weighted by Gasteiger charge is -2.12. The van der Waals surface area contributed by atoms with E-state index >= 15 is 0 Å². The Morgan fingerprint density at radius 2 is 2.10 bits per heavy atom. The zero-order valence-electron chi connectivity index (χ0n) is 12.2. The van der Waals surface area contributed by atoms with E-state index in [0.717, 1.165) is 24.3 Å². The Balaban J connectivity index is 2.00. The first-order chi connectivity index (χ1) is 9.51. The van der Waals surface area contributed by atoms with Crippen molar-refractivity contribution >= 4 is 10.0 Å². The van der Waals surface area contributed by atoms with E-state index in [9.17, 15) is 8.42 Å². The van der Waals surface area contributed by atoms with E-state index in [1.807, 2.05) is 13.1 Å². The van der Waals surface area contributed by atoms with Gasteiger partial charge in [-0.3, -0.25) is 0 Å². The summed E-state index contributed by atoms with van der Waals surface area (Å²) in [5.74, 6) is 1.21. The van der Waals surface area contributed by atoms with E-state index in [2.05, 4.69) is 17.0 Å². The number of rotatable bonds is 6. The number of nitrogens with one attached hydrogen (secondary N) is 2. The first kappa shape index (κ1) is 15.5. The fraction of sp³-hybridized carbons (Fsp3) is 0.600. The van der Waals surface area contributed by atoms with E-state index in [1.54, 1.807) is 18.2 Å². The average molecular weight is 296 g/mol. The molecule has 1 aliphatic rings. The van der Waals surface area contributed by atoms with E-state index in [4.69, 9.17) is 0 Å². The minimum absolute atomic E-state index is 0.358. The number of benzene rings is 1. The summed E-state index contributed by atoms with van der Waals surface area (Å²) >= 11 is 0. The molecule has 2 N–H and O–H groups in total. The molecular weight excluding hydrogens is 272 g/mol.